The summed E-state index contributed by atoms with van der Waals surface area (Å²) >= 11 is 0. The molecule has 2 fully saturated rings. The Balaban J connectivity index is 2.07. The van der Waals surface area contributed by atoms with Crippen molar-refractivity contribution < 1.29 is 5.11 Å². The maximum absolute atomic E-state index is 9.40. The minimum atomic E-state index is 0.198. The van der Waals surface area contributed by atoms with Crippen molar-refractivity contribution in [3.63, 3.8) is 0 Å². The molecule has 0 radical (unpaired) electrons. The van der Waals surface area contributed by atoms with E-state index in [9.17, 15) is 5.11 Å². The van der Waals surface area contributed by atoms with Crippen LogP contribution in [0.25, 0.3) is 0 Å². The molecule has 0 amide bonds. The number of likely N-dealkylation sites (tertiary alicyclic amines) is 1. The Labute approximate surface area is 91.7 Å². The average molecular weight is 208 g/mol. The van der Waals surface area contributed by atoms with Gasteiger partial charge >= 0.3 is 0 Å². The van der Waals surface area contributed by atoms with Gasteiger partial charge in [-0.25, -0.2) is 0 Å². The van der Waals surface area contributed by atoms with E-state index in [1.165, 1.54) is 12.8 Å². The summed E-state index contributed by atoms with van der Waals surface area (Å²) < 4.78 is 0. The average Bonchev–Trinajstić information content (AvgIpc) is 2.82. The highest BCUT2D eigenvalue weighted by molar-refractivity contribution is 5.01. The molecule has 0 bridgehead atoms. The quantitative estimate of drug-likeness (QED) is 0.746. The van der Waals surface area contributed by atoms with E-state index in [0.29, 0.717) is 18.0 Å². The third-order valence-corrected chi connectivity index (χ3v) is 4.18. The molecular formula is C12H20N2O. The lowest BCUT2D eigenvalue weighted by molar-refractivity contribution is 0.0941. The van der Waals surface area contributed by atoms with Crippen LogP contribution in [0.15, 0.2) is 0 Å². The zero-order chi connectivity index (χ0) is 10.8. The van der Waals surface area contributed by atoms with E-state index in [2.05, 4.69) is 17.9 Å². The molecule has 1 saturated heterocycles. The fraction of sp³-hybridized carbons (Fsp3) is 0.917. The van der Waals surface area contributed by atoms with Crippen molar-refractivity contribution in [3.05, 3.63) is 0 Å². The van der Waals surface area contributed by atoms with E-state index in [0.717, 1.165) is 19.4 Å². The van der Waals surface area contributed by atoms with Gasteiger partial charge in [0, 0.05) is 12.1 Å². The van der Waals surface area contributed by atoms with Crippen molar-refractivity contribution in [1.82, 2.24) is 4.90 Å². The molecular weight excluding hydrogens is 188 g/mol. The molecule has 15 heavy (non-hydrogen) atoms. The summed E-state index contributed by atoms with van der Waals surface area (Å²) in [6.07, 6.45) is 4.53. The summed E-state index contributed by atoms with van der Waals surface area (Å²) in [5, 5.41) is 18.5. The largest absolute Gasteiger partial charge is 0.395 e. The molecule has 1 aliphatic carbocycles. The Kier molecular flexibility index (Phi) is 3.28. The van der Waals surface area contributed by atoms with Crippen molar-refractivity contribution in [2.24, 2.45) is 11.8 Å². The lowest BCUT2D eigenvalue weighted by Gasteiger charge is -2.32. The van der Waals surface area contributed by atoms with Gasteiger partial charge in [0.1, 0.15) is 0 Å². The van der Waals surface area contributed by atoms with Gasteiger partial charge < -0.3 is 5.11 Å². The highest BCUT2D eigenvalue weighted by atomic mass is 16.3. The Morgan fingerprint density at radius 1 is 1.40 bits per heavy atom. The smallest absolute Gasteiger partial charge is 0.0672 e. The molecule has 1 N–H and O–H groups in total. The number of rotatable bonds is 2. The van der Waals surface area contributed by atoms with Crippen LogP contribution in [0.5, 0.6) is 0 Å². The van der Waals surface area contributed by atoms with Gasteiger partial charge in [0.2, 0.25) is 0 Å². The molecule has 2 rings (SSSR count). The highest BCUT2D eigenvalue weighted by Crippen LogP contribution is 2.35. The molecule has 3 heteroatoms. The van der Waals surface area contributed by atoms with Crippen LogP contribution >= 0.6 is 0 Å². The maximum Gasteiger partial charge on any atom is 0.0672 e. The highest BCUT2D eigenvalue weighted by Gasteiger charge is 2.40. The van der Waals surface area contributed by atoms with Gasteiger partial charge in [-0.15, -0.1) is 0 Å². The number of hydrogen-bond acceptors (Lipinski definition) is 3. The molecule has 0 aromatic heterocycles. The summed E-state index contributed by atoms with van der Waals surface area (Å²) in [6, 6.07) is 3.14. The van der Waals surface area contributed by atoms with E-state index < -0.39 is 0 Å². The summed E-state index contributed by atoms with van der Waals surface area (Å²) in [7, 11) is 0. The summed E-state index contributed by atoms with van der Waals surface area (Å²) in [4.78, 5) is 2.39. The summed E-state index contributed by atoms with van der Waals surface area (Å²) in [5.41, 5.74) is 0. The van der Waals surface area contributed by atoms with Crippen LogP contribution in [0.3, 0.4) is 0 Å². The van der Waals surface area contributed by atoms with Crippen molar-refractivity contribution in [2.45, 2.75) is 44.7 Å². The summed E-state index contributed by atoms with van der Waals surface area (Å²) in [6.45, 7) is 3.52. The normalized spacial score (nSPS) is 41.9. The van der Waals surface area contributed by atoms with Crippen molar-refractivity contribution in [1.29, 1.82) is 5.26 Å². The Bertz CT molecular complexity index is 261. The molecule has 84 valence electrons. The lowest BCUT2D eigenvalue weighted by Crippen LogP contribution is -2.44. The number of nitriles is 1. The monoisotopic (exact) mass is 208 g/mol. The van der Waals surface area contributed by atoms with E-state index in [-0.39, 0.29) is 12.5 Å². The van der Waals surface area contributed by atoms with Crippen LogP contribution in [0, 0.1) is 23.2 Å². The maximum atomic E-state index is 9.40. The van der Waals surface area contributed by atoms with Crippen LogP contribution in [-0.4, -0.2) is 35.2 Å². The fourth-order valence-corrected chi connectivity index (χ4v) is 3.22. The van der Waals surface area contributed by atoms with Crippen molar-refractivity contribution >= 4 is 0 Å². The van der Waals surface area contributed by atoms with Gasteiger partial charge in [0.05, 0.1) is 18.6 Å². The number of nitrogens with zero attached hydrogens (tertiary/aromatic N) is 2. The van der Waals surface area contributed by atoms with Gasteiger partial charge in [-0.05, 0) is 31.7 Å². The van der Waals surface area contributed by atoms with Crippen molar-refractivity contribution in [3.8, 4) is 6.07 Å². The first-order valence-electron chi connectivity index (χ1n) is 6.04. The molecule has 2 aliphatic rings. The minimum absolute atomic E-state index is 0.198. The minimum Gasteiger partial charge on any atom is -0.395 e. The molecule has 0 aromatic rings. The van der Waals surface area contributed by atoms with Gasteiger partial charge in [0.25, 0.3) is 0 Å². The van der Waals surface area contributed by atoms with E-state index in [4.69, 9.17) is 5.26 Å². The molecule has 4 unspecified atom stereocenters. The number of aliphatic hydroxyl groups is 1. The lowest BCUT2D eigenvalue weighted by atomic mass is 10.0. The predicted octanol–water partition coefficient (Wildman–Crippen LogP) is 1.38. The second-order valence-corrected chi connectivity index (χ2v) is 4.99. The van der Waals surface area contributed by atoms with Gasteiger partial charge in [-0.3, -0.25) is 4.90 Å². The summed E-state index contributed by atoms with van der Waals surface area (Å²) in [5.74, 6) is 0.777. The van der Waals surface area contributed by atoms with Crippen LogP contribution in [0.1, 0.15) is 32.6 Å². The van der Waals surface area contributed by atoms with Gasteiger partial charge in [-0.2, -0.15) is 5.26 Å². The third kappa shape index (κ3) is 1.89. The van der Waals surface area contributed by atoms with Crippen LogP contribution in [0.4, 0.5) is 0 Å². The SMILES string of the molecule is CC1CCN(C2CCCC2C#N)C1CO. The zero-order valence-corrected chi connectivity index (χ0v) is 9.39. The first kappa shape index (κ1) is 10.9. The molecule has 3 nitrogen and oxygen atoms in total. The molecule has 4 atom stereocenters. The van der Waals surface area contributed by atoms with E-state index in [1.54, 1.807) is 0 Å². The Hall–Kier alpha value is -0.590. The van der Waals surface area contributed by atoms with Gasteiger partial charge in [-0.1, -0.05) is 13.3 Å². The topological polar surface area (TPSA) is 47.3 Å². The van der Waals surface area contributed by atoms with Crippen molar-refractivity contribution in [2.75, 3.05) is 13.2 Å². The number of aliphatic hydroxyl groups excluding tert-OH is 1. The third-order valence-electron chi connectivity index (χ3n) is 4.18. The van der Waals surface area contributed by atoms with E-state index >= 15 is 0 Å². The predicted molar refractivity (Wildman–Crippen MR) is 58.1 cm³/mol. The van der Waals surface area contributed by atoms with E-state index in [1.807, 2.05) is 0 Å². The second kappa shape index (κ2) is 4.51. The molecule has 1 aliphatic heterocycles. The fourth-order valence-electron chi connectivity index (χ4n) is 3.22. The second-order valence-electron chi connectivity index (χ2n) is 4.99. The Morgan fingerprint density at radius 2 is 2.20 bits per heavy atom. The first-order chi connectivity index (χ1) is 7.27. The van der Waals surface area contributed by atoms with Crippen LogP contribution in [-0.2, 0) is 0 Å². The standard InChI is InChI=1S/C12H20N2O/c1-9-5-6-14(12(9)8-15)11-4-2-3-10(11)7-13/h9-12,15H,2-6,8H2,1H3. The Morgan fingerprint density at radius 3 is 2.87 bits per heavy atom. The molecule has 0 spiro atoms. The van der Waals surface area contributed by atoms with Crippen LogP contribution < -0.4 is 0 Å². The number of hydrogen-bond donors (Lipinski definition) is 1. The zero-order valence-electron chi connectivity index (χ0n) is 9.39. The van der Waals surface area contributed by atoms with Gasteiger partial charge in [0.15, 0.2) is 0 Å². The molecule has 1 heterocycles. The molecule has 1 saturated carbocycles. The molecule has 0 aromatic carbocycles. The first-order valence-corrected chi connectivity index (χ1v) is 6.04. The van der Waals surface area contributed by atoms with Crippen LogP contribution in [0.2, 0.25) is 0 Å².